The zero-order chi connectivity index (χ0) is 17.6. The number of aromatic nitrogens is 1. The second kappa shape index (κ2) is 8.55. The van der Waals surface area contributed by atoms with Gasteiger partial charge < -0.3 is 10.7 Å². The second-order valence-electron chi connectivity index (χ2n) is 6.67. The third-order valence-corrected chi connectivity index (χ3v) is 5.09. The molecule has 0 saturated heterocycles. The predicted octanol–water partition coefficient (Wildman–Crippen LogP) is 6.11. The summed E-state index contributed by atoms with van der Waals surface area (Å²) < 4.78 is 0. The van der Waals surface area contributed by atoms with Crippen molar-refractivity contribution in [2.24, 2.45) is 5.73 Å². The molecule has 2 nitrogen and oxygen atoms in total. The van der Waals surface area contributed by atoms with Crippen LogP contribution in [0.2, 0.25) is 5.02 Å². The molecule has 0 atom stereocenters. The number of H-pyrrole nitrogens is 1. The van der Waals surface area contributed by atoms with E-state index in [2.05, 4.69) is 42.2 Å². The third-order valence-electron chi connectivity index (χ3n) is 4.84. The Morgan fingerprint density at radius 2 is 1.76 bits per heavy atom. The van der Waals surface area contributed by atoms with E-state index in [0.717, 1.165) is 37.3 Å². The smallest absolute Gasteiger partial charge is 0.0497 e. The van der Waals surface area contributed by atoms with Crippen LogP contribution in [0.5, 0.6) is 0 Å². The Morgan fingerprint density at radius 1 is 0.960 bits per heavy atom. The molecule has 25 heavy (non-hydrogen) atoms. The molecule has 132 valence electrons. The molecule has 0 radical (unpaired) electrons. The van der Waals surface area contributed by atoms with Crippen molar-refractivity contribution in [3.05, 3.63) is 58.6 Å². The number of unbranched alkanes of at least 4 members (excludes halogenated alkanes) is 2. The number of rotatable bonds is 8. The highest BCUT2D eigenvalue weighted by Crippen LogP contribution is 2.34. The molecule has 0 unspecified atom stereocenters. The topological polar surface area (TPSA) is 41.8 Å². The molecule has 1 aromatic heterocycles. The van der Waals surface area contributed by atoms with Gasteiger partial charge in [-0.15, -0.1) is 0 Å². The Bertz CT molecular complexity index is 818. The second-order valence-corrected chi connectivity index (χ2v) is 7.11. The van der Waals surface area contributed by atoms with E-state index in [-0.39, 0.29) is 0 Å². The lowest BCUT2D eigenvalue weighted by atomic mass is 9.98. The zero-order valence-corrected chi connectivity index (χ0v) is 15.7. The summed E-state index contributed by atoms with van der Waals surface area (Å²) in [5.74, 6) is 0. The summed E-state index contributed by atoms with van der Waals surface area (Å²) in [5.41, 5.74) is 12.2. The van der Waals surface area contributed by atoms with Crippen molar-refractivity contribution in [2.75, 3.05) is 6.54 Å². The van der Waals surface area contributed by atoms with Gasteiger partial charge in [0.25, 0.3) is 0 Å². The first-order valence-corrected chi connectivity index (χ1v) is 9.70. The molecular weight excluding hydrogens is 328 g/mol. The van der Waals surface area contributed by atoms with Crippen LogP contribution in [0.25, 0.3) is 22.2 Å². The van der Waals surface area contributed by atoms with E-state index in [1.165, 1.54) is 46.1 Å². The van der Waals surface area contributed by atoms with Crippen LogP contribution in [0.1, 0.15) is 43.7 Å². The summed E-state index contributed by atoms with van der Waals surface area (Å²) in [6.45, 7) is 2.99. The van der Waals surface area contributed by atoms with Crippen molar-refractivity contribution >= 4 is 22.5 Å². The van der Waals surface area contributed by atoms with Crippen LogP contribution in [0.15, 0.2) is 42.5 Å². The first-order chi connectivity index (χ1) is 12.2. The average Bonchev–Trinajstić information content (AvgIpc) is 3.00. The van der Waals surface area contributed by atoms with Crippen molar-refractivity contribution in [1.82, 2.24) is 4.98 Å². The Labute approximate surface area is 155 Å². The normalized spacial score (nSPS) is 11.3. The van der Waals surface area contributed by atoms with Gasteiger partial charge in [0.05, 0.1) is 0 Å². The Morgan fingerprint density at radius 3 is 2.48 bits per heavy atom. The van der Waals surface area contributed by atoms with Crippen LogP contribution in [-0.4, -0.2) is 11.5 Å². The van der Waals surface area contributed by atoms with E-state index in [9.17, 15) is 0 Å². The molecule has 0 fully saturated rings. The molecule has 3 rings (SSSR count). The van der Waals surface area contributed by atoms with Gasteiger partial charge in [-0.25, -0.2) is 0 Å². The molecule has 3 aromatic rings. The van der Waals surface area contributed by atoms with Crippen molar-refractivity contribution in [3.8, 4) is 11.3 Å². The number of hydrogen-bond acceptors (Lipinski definition) is 1. The van der Waals surface area contributed by atoms with E-state index in [4.69, 9.17) is 17.3 Å². The van der Waals surface area contributed by atoms with Gasteiger partial charge in [-0.3, -0.25) is 0 Å². The fourth-order valence-corrected chi connectivity index (χ4v) is 3.60. The van der Waals surface area contributed by atoms with Gasteiger partial charge in [-0.1, -0.05) is 55.3 Å². The maximum absolute atomic E-state index is 6.08. The van der Waals surface area contributed by atoms with Crippen molar-refractivity contribution in [2.45, 2.75) is 45.4 Å². The Kier molecular flexibility index (Phi) is 6.17. The SMILES string of the molecule is CCCCc1cccc2c(CCCCN)c(-c3ccc(Cl)cc3)[nH]c12. The van der Waals surface area contributed by atoms with Gasteiger partial charge in [0.2, 0.25) is 0 Å². The number of fused-ring (bicyclic) bond motifs is 1. The molecule has 3 heteroatoms. The fourth-order valence-electron chi connectivity index (χ4n) is 3.48. The van der Waals surface area contributed by atoms with Gasteiger partial charge in [-0.05, 0) is 67.5 Å². The molecule has 2 aromatic carbocycles. The van der Waals surface area contributed by atoms with Crippen LogP contribution in [0.4, 0.5) is 0 Å². The van der Waals surface area contributed by atoms with Gasteiger partial charge >= 0.3 is 0 Å². The highest BCUT2D eigenvalue weighted by molar-refractivity contribution is 6.30. The molecule has 0 aliphatic heterocycles. The molecule has 0 amide bonds. The monoisotopic (exact) mass is 354 g/mol. The van der Waals surface area contributed by atoms with Gasteiger partial charge in [-0.2, -0.15) is 0 Å². The van der Waals surface area contributed by atoms with E-state index in [0.29, 0.717) is 0 Å². The number of nitrogens with one attached hydrogen (secondary N) is 1. The number of hydrogen-bond donors (Lipinski definition) is 2. The van der Waals surface area contributed by atoms with E-state index < -0.39 is 0 Å². The largest absolute Gasteiger partial charge is 0.354 e. The number of halogens is 1. The summed E-state index contributed by atoms with van der Waals surface area (Å²) in [7, 11) is 0. The number of aryl methyl sites for hydroxylation is 2. The fraction of sp³-hybridized carbons (Fsp3) is 0.364. The minimum absolute atomic E-state index is 0.750. The summed E-state index contributed by atoms with van der Waals surface area (Å²) >= 11 is 6.08. The highest BCUT2D eigenvalue weighted by atomic mass is 35.5. The van der Waals surface area contributed by atoms with Gasteiger partial charge in [0, 0.05) is 21.6 Å². The molecule has 0 spiro atoms. The van der Waals surface area contributed by atoms with Crippen LogP contribution in [0.3, 0.4) is 0 Å². The molecule has 3 N–H and O–H groups in total. The summed E-state index contributed by atoms with van der Waals surface area (Å²) in [6, 6.07) is 14.8. The van der Waals surface area contributed by atoms with Crippen LogP contribution in [0, 0.1) is 0 Å². The summed E-state index contributed by atoms with van der Waals surface area (Å²) in [6.07, 6.45) is 6.77. The van der Waals surface area contributed by atoms with Crippen molar-refractivity contribution < 1.29 is 0 Å². The zero-order valence-electron chi connectivity index (χ0n) is 14.9. The lowest BCUT2D eigenvalue weighted by molar-refractivity contribution is 0.748. The summed E-state index contributed by atoms with van der Waals surface area (Å²) in [4.78, 5) is 3.73. The third kappa shape index (κ3) is 4.08. The van der Waals surface area contributed by atoms with Crippen LogP contribution < -0.4 is 5.73 Å². The maximum atomic E-state index is 6.08. The number of benzene rings is 2. The number of aromatic amines is 1. The standard InChI is InChI=1S/C22H27ClN2/c1-2-3-7-16-8-6-10-20-19(9-4-5-15-24)22(25-21(16)20)17-11-13-18(23)14-12-17/h6,8,10-14,25H,2-5,7,9,15,24H2,1H3. The minimum atomic E-state index is 0.750. The van der Waals surface area contributed by atoms with Gasteiger partial charge in [0.15, 0.2) is 0 Å². The quantitative estimate of drug-likeness (QED) is 0.470. The molecule has 0 bridgehead atoms. The molecule has 0 aliphatic rings. The van der Waals surface area contributed by atoms with Crippen molar-refractivity contribution in [3.63, 3.8) is 0 Å². The predicted molar refractivity (Wildman–Crippen MR) is 109 cm³/mol. The molecule has 1 heterocycles. The van der Waals surface area contributed by atoms with Crippen LogP contribution >= 0.6 is 11.6 Å². The lowest BCUT2D eigenvalue weighted by Crippen LogP contribution is -1.99. The summed E-state index contributed by atoms with van der Waals surface area (Å²) in [5, 5.41) is 2.13. The van der Waals surface area contributed by atoms with E-state index in [1.807, 2.05) is 12.1 Å². The number of nitrogens with two attached hydrogens (primary N) is 1. The molecular formula is C22H27ClN2. The Hall–Kier alpha value is -1.77. The lowest BCUT2D eigenvalue weighted by Gasteiger charge is -2.05. The molecule has 0 saturated carbocycles. The van der Waals surface area contributed by atoms with E-state index >= 15 is 0 Å². The highest BCUT2D eigenvalue weighted by Gasteiger charge is 2.15. The first kappa shape index (κ1) is 18.0. The molecule has 0 aliphatic carbocycles. The van der Waals surface area contributed by atoms with E-state index in [1.54, 1.807) is 0 Å². The maximum Gasteiger partial charge on any atom is 0.0497 e. The van der Waals surface area contributed by atoms with Gasteiger partial charge in [0.1, 0.15) is 0 Å². The first-order valence-electron chi connectivity index (χ1n) is 9.33. The minimum Gasteiger partial charge on any atom is -0.354 e. The number of para-hydroxylation sites is 1. The van der Waals surface area contributed by atoms with Crippen LogP contribution in [-0.2, 0) is 12.8 Å². The Balaban J connectivity index is 2.09. The van der Waals surface area contributed by atoms with Crippen molar-refractivity contribution in [1.29, 1.82) is 0 Å². The average molecular weight is 355 g/mol.